The third-order valence-electron chi connectivity index (χ3n) is 5.45. The molecule has 1 N–H and O–H groups in total. The van der Waals surface area contributed by atoms with Crippen LogP contribution in [0.1, 0.15) is 28.8 Å². The van der Waals surface area contributed by atoms with Crippen LogP contribution in [0.25, 0.3) is 11.3 Å². The van der Waals surface area contributed by atoms with Gasteiger partial charge >= 0.3 is 0 Å². The first-order valence-corrected chi connectivity index (χ1v) is 9.66. The largest absolute Gasteiger partial charge is 0.389 e. The zero-order valence-corrected chi connectivity index (χ0v) is 16.0. The summed E-state index contributed by atoms with van der Waals surface area (Å²) in [7, 11) is 0. The van der Waals surface area contributed by atoms with Crippen LogP contribution in [-0.4, -0.2) is 44.6 Å². The van der Waals surface area contributed by atoms with Gasteiger partial charge in [-0.2, -0.15) is 0 Å². The highest BCUT2D eigenvalue weighted by atomic mass is 19.1. The van der Waals surface area contributed by atoms with E-state index in [1.54, 1.807) is 53.8 Å². The molecule has 5 nitrogen and oxygen atoms in total. The Labute approximate surface area is 168 Å². The molecule has 0 bridgehead atoms. The van der Waals surface area contributed by atoms with Crippen LogP contribution in [0.2, 0.25) is 0 Å². The number of nitrogens with zero attached hydrogens (tertiary/aromatic N) is 3. The van der Waals surface area contributed by atoms with Gasteiger partial charge in [0.05, 0.1) is 16.9 Å². The average molecular weight is 391 g/mol. The Balaban J connectivity index is 1.48. The van der Waals surface area contributed by atoms with Gasteiger partial charge in [-0.15, -0.1) is 0 Å². The molecular formula is C23H22FN3O2. The van der Waals surface area contributed by atoms with Gasteiger partial charge in [0.1, 0.15) is 5.82 Å². The molecule has 29 heavy (non-hydrogen) atoms. The van der Waals surface area contributed by atoms with E-state index < -0.39 is 5.60 Å². The summed E-state index contributed by atoms with van der Waals surface area (Å²) < 4.78 is 14.0. The van der Waals surface area contributed by atoms with Crippen molar-refractivity contribution in [1.29, 1.82) is 0 Å². The fourth-order valence-electron chi connectivity index (χ4n) is 3.79. The quantitative estimate of drug-likeness (QED) is 0.739. The van der Waals surface area contributed by atoms with Crippen molar-refractivity contribution in [2.24, 2.45) is 0 Å². The fraction of sp³-hybridized carbons (Fsp3) is 0.261. The lowest BCUT2D eigenvalue weighted by molar-refractivity contribution is -0.0167. The fourth-order valence-corrected chi connectivity index (χ4v) is 3.79. The summed E-state index contributed by atoms with van der Waals surface area (Å²) >= 11 is 0. The highest BCUT2D eigenvalue weighted by Crippen LogP contribution is 2.29. The van der Waals surface area contributed by atoms with E-state index >= 15 is 0 Å². The first-order valence-electron chi connectivity index (χ1n) is 9.66. The molecule has 1 aromatic carbocycles. The Kier molecular flexibility index (Phi) is 5.36. The third-order valence-corrected chi connectivity index (χ3v) is 5.45. The summed E-state index contributed by atoms with van der Waals surface area (Å²) in [6.45, 7) is 0.822. The van der Waals surface area contributed by atoms with E-state index in [9.17, 15) is 14.3 Å². The molecule has 0 radical (unpaired) electrons. The predicted octanol–water partition coefficient (Wildman–Crippen LogP) is 3.49. The maximum Gasteiger partial charge on any atom is 0.256 e. The SMILES string of the molecule is O=C(c1cccnc1-c1ccncc1)N1CCC(O)(Cc2ccccc2F)CC1. The molecule has 0 aliphatic carbocycles. The lowest BCUT2D eigenvalue weighted by Gasteiger charge is -2.38. The van der Waals surface area contributed by atoms with E-state index in [1.807, 2.05) is 12.1 Å². The zero-order valence-electron chi connectivity index (χ0n) is 16.0. The molecule has 3 heterocycles. The average Bonchev–Trinajstić information content (AvgIpc) is 2.76. The van der Waals surface area contributed by atoms with Gasteiger partial charge in [-0.25, -0.2) is 4.39 Å². The number of benzene rings is 1. The van der Waals surface area contributed by atoms with Gasteiger partial charge in [0.25, 0.3) is 5.91 Å². The summed E-state index contributed by atoms with van der Waals surface area (Å²) in [4.78, 5) is 23.3. The summed E-state index contributed by atoms with van der Waals surface area (Å²) in [6.07, 6.45) is 6.05. The monoisotopic (exact) mass is 391 g/mol. The highest BCUT2D eigenvalue weighted by Gasteiger charge is 2.35. The molecule has 2 aromatic heterocycles. The van der Waals surface area contributed by atoms with Crippen LogP contribution in [-0.2, 0) is 6.42 Å². The number of carbonyl (C=O) groups is 1. The number of amides is 1. The van der Waals surface area contributed by atoms with Gasteiger partial charge < -0.3 is 10.0 Å². The van der Waals surface area contributed by atoms with Crippen LogP contribution in [0.4, 0.5) is 4.39 Å². The van der Waals surface area contributed by atoms with Crippen LogP contribution in [0.3, 0.4) is 0 Å². The normalized spacial score (nSPS) is 15.9. The minimum absolute atomic E-state index is 0.113. The Morgan fingerprint density at radius 3 is 2.48 bits per heavy atom. The maximum atomic E-state index is 14.0. The number of aliphatic hydroxyl groups is 1. The van der Waals surface area contributed by atoms with Gasteiger partial charge in [-0.1, -0.05) is 18.2 Å². The zero-order chi connectivity index (χ0) is 20.3. The maximum absolute atomic E-state index is 14.0. The molecule has 4 rings (SSSR count). The second kappa shape index (κ2) is 8.09. The number of hydrogen-bond acceptors (Lipinski definition) is 4. The Morgan fingerprint density at radius 1 is 1.03 bits per heavy atom. The number of pyridine rings is 2. The Bertz CT molecular complexity index is 1000. The molecular weight excluding hydrogens is 369 g/mol. The van der Waals surface area contributed by atoms with Crippen molar-refractivity contribution in [2.45, 2.75) is 24.9 Å². The molecule has 1 aliphatic rings. The topological polar surface area (TPSA) is 66.3 Å². The molecule has 0 atom stereocenters. The van der Waals surface area contributed by atoms with Crippen molar-refractivity contribution in [3.63, 3.8) is 0 Å². The van der Waals surface area contributed by atoms with Crippen LogP contribution in [0.15, 0.2) is 67.1 Å². The first kappa shape index (κ1) is 19.2. The van der Waals surface area contributed by atoms with Crippen molar-refractivity contribution < 1.29 is 14.3 Å². The van der Waals surface area contributed by atoms with Gasteiger partial charge in [-0.3, -0.25) is 14.8 Å². The van der Waals surface area contributed by atoms with Crippen LogP contribution in [0.5, 0.6) is 0 Å². The van der Waals surface area contributed by atoms with Crippen molar-refractivity contribution in [3.05, 3.63) is 84.1 Å². The molecule has 1 fully saturated rings. The van der Waals surface area contributed by atoms with E-state index in [2.05, 4.69) is 9.97 Å². The Morgan fingerprint density at radius 2 is 1.76 bits per heavy atom. The van der Waals surface area contributed by atoms with Gasteiger partial charge in [-0.05, 0) is 48.7 Å². The molecule has 0 spiro atoms. The smallest absolute Gasteiger partial charge is 0.256 e. The summed E-state index contributed by atoms with van der Waals surface area (Å²) in [5.41, 5.74) is 1.46. The molecule has 0 saturated carbocycles. The van der Waals surface area contributed by atoms with Gasteiger partial charge in [0.15, 0.2) is 0 Å². The summed E-state index contributed by atoms with van der Waals surface area (Å²) in [5.74, 6) is -0.422. The van der Waals surface area contributed by atoms with Crippen molar-refractivity contribution in [3.8, 4) is 11.3 Å². The third kappa shape index (κ3) is 4.17. The standard InChI is InChI=1S/C23H22FN3O2/c24-20-6-2-1-4-18(20)16-23(29)9-14-27(15-10-23)22(28)19-5-3-11-26-21(19)17-7-12-25-13-8-17/h1-8,11-13,29H,9-10,14-16H2. The van der Waals surface area contributed by atoms with Gasteiger partial charge in [0.2, 0.25) is 0 Å². The van der Waals surface area contributed by atoms with Gasteiger partial charge in [0, 0.05) is 43.7 Å². The second-order valence-corrected chi connectivity index (χ2v) is 7.42. The van der Waals surface area contributed by atoms with E-state index in [1.165, 1.54) is 6.07 Å². The lowest BCUT2D eigenvalue weighted by atomic mass is 9.85. The molecule has 148 valence electrons. The lowest BCUT2D eigenvalue weighted by Crippen LogP contribution is -2.48. The molecule has 1 saturated heterocycles. The van der Waals surface area contributed by atoms with E-state index in [0.717, 1.165) is 5.56 Å². The van der Waals surface area contributed by atoms with E-state index in [0.29, 0.717) is 42.8 Å². The molecule has 6 heteroatoms. The number of carbonyl (C=O) groups excluding carboxylic acids is 1. The molecule has 3 aromatic rings. The van der Waals surface area contributed by atoms with Crippen LogP contribution < -0.4 is 0 Å². The summed E-state index contributed by atoms with van der Waals surface area (Å²) in [6, 6.07) is 13.7. The molecule has 1 amide bonds. The minimum Gasteiger partial charge on any atom is -0.389 e. The number of hydrogen-bond donors (Lipinski definition) is 1. The van der Waals surface area contributed by atoms with Crippen LogP contribution in [0, 0.1) is 5.82 Å². The molecule has 1 aliphatic heterocycles. The van der Waals surface area contributed by atoms with Crippen molar-refractivity contribution in [1.82, 2.24) is 14.9 Å². The van der Waals surface area contributed by atoms with Crippen LogP contribution >= 0.6 is 0 Å². The number of likely N-dealkylation sites (tertiary alicyclic amines) is 1. The first-order chi connectivity index (χ1) is 14.1. The van der Waals surface area contributed by atoms with E-state index in [4.69, 9.17) is 0 Å². The Hall–Kier alpha value is -3.12. The number of piperidine rings is 1. The number of aromatic nitrogens is 2. The predicted molar refractivity (Wildman–Crippen MR) is 108 cm³/mol. The highest BCUT2D eigenvalue weighted by molar-refractivity contribution is 5.99. The van der Waals surface area contributed by atoms with Crippen molar-refractivity contribution >= 4 is 5.91 Å². The molecule has 0 unspecified atom stereocenters. The van der Waals surface area contributed by atoms with Crippen molar-refractivity contribution in [2.75, 3.05) is 13.1 Å². The summed E-state index contributed by atoms with van der Waals surface area (Å²) in [5, 5.41) is 10.9. The second-order valence-electron chi connectivity index (χ2n) is 7.42. The number of rotatable bonds is 4. The minimum atomic E-state index is -1.01. The van der Waals surface area contributed by atoms with E-state index in [-0.39, 0.29) is 18.1 Å². The number of halogens is 1.